The van der Waals surface area contributed by atoms with E-state index in [4.69, 9.17) is 4.52 Å². The average molecular weight is 315 g/mol. The van der Waals surface area contributed by atoms with Crippen LogP contribution in [0.15, 0.2) is 22.9 Å². The summed E-state index contributed by atoms with van der Waals surface area (Å²) in [6.45, 7) is 8.59. The van der Waals surface area contributed by atoms with Crippen LogP contribution >= 0.6 is 0 Å². The van der Waals surface area contributed by atoms with Crippen LogP contribution in [0.5, 0.6) is 0 Å². The first kappa shape index (κ1) is 15.5. The van der Waals surface area contributed by atoms with Crippen LogP contribution in [0.3, 0.4) is 0 Å². The highest BCUT2D eigenvalue weighted by Crippen LogP contribution is 2.25. The van der Waals surface area contributed by atoms with E-state index in [1.165, 1.54) is 0 Å². The van der Waals surface area contributed by atoms with Gasteiger partial charge >= 0.3 is 0 Å². The van der Waals surface area contributed by atoms with E-state index in [2.05, 4.69) is 20.4 Å². The van der Waals surface area contributed by atoms with Crippen molar-refractivity contribution in [1.29, 1.82) is 0 Å². The van der Waals surface area contributed by atoms with Crippen molar-refractivity contribution in [2.75, 3.05) is 11.9 Å². The van der Waals surface area contributed by atoms with Gasteiger partial charge in [-0.1, -0.05) is 5.16 Å². The van der Waals surface area contributed by atoms with Crippen molar-refractivity contribution >= 4 is 11.7 Å². The molecule has 0 saturated carbocycles. The van der Waals surface area contributed by atoms with E-state index < -0.39 is 0 Å². The summed E-state index contributed by atoms with van der Waals surface area (Å²) in [6.07, 6.45) is 2.17. The molecule has 0 radical (unpaired) electrons. The number of hydrogen-bond acceptors (Lipinski definition) is 6. The minimum Gasteiger partial charge on any atom is -0.365 e. The molecule has 0 spiro atoms. The Morgan fingerprint density at radius 1 is 1.39 bits per heavy atom. The lowest BCUT2D eigenvalue weighted by atomic mass is 10.1. The molecule has 2 aromatic heterocycles. The number of rotatable bonds is 3. The quantitative estimate of drug-likeness (QED) is 0.935. The molecule has 1 atom stereocenters. The molecule has 1 N–H and O–H groups in total. The van der Waals surface area contributed by atoms with Crippen molar-refractivity contribution in [3.05, 3.63) is 24.2 Å². The van der Waals surface area contributed by atoms with E-state index in [1.54, 1.807) is 13.1 Å². The Balaban J connectivity index is 1.73. The van der Waals surface area contributed by atoms with E-state index >= 15 is 0 Å². The first-order valence-corrected chi connectivity index (χ1v) is 7.66. The highest BCUT2D eigenvalue weighted by molar-refractivity contribution is 5.80. The molecule has 23 heavy (non-hydrogen) atoms. The summed E-state index contributed by atoms with van der Waals surface area (Å²) in [5.74, 6) is 1.92. The number of amides is 1. The third-order valence-corrected chi connectivity index (χ3v) is 3.82. The molecule has 2 aromatic rings. The fourth-order valence-electron chi connectivity index (χ4n) is 2.72. The topological polar surface area (TPSA) is 84.2 Å². The van der Waals surface area contributed by atoms with E-state index in [0.717, 1.165) is 5.56 Å². The minimum atomic E-state index is -0.163. The molecule has 0 aliphatic carbocycles. The summed E-state index contributed by atoms with van der Waals surface area (Å²) < 4.78 is 5.18. The van der Waals surface area contributed by atoms with Crippen molar-refractivity contribution in [3.8, 4) is 11.5 Å². The lowest BCUT2D eigenvalue weighted by Gasteiger charge is -2.32. The number of nitrogens with zero attached hydrogens (tertiary/aromatic N) is 4. The summed E-state index contributed by atoms with van der Waals surface area (Å²) in [4.78, 5) is 22.6. The average Bonchev–Trinajstić information content (AvgIpc) is 3.05. The number of hydrogen-bond donors (Lipinski definition) is 1. The minimum absolute atomic E-state index is 0.0499. The van der Waals surface area contributed by atoms with Crippen molar-refractivity contribution in [1.82, 2.24) is 20.0 Å². The fourth-order valence-corrected chi connectivity index (χ4v) is 2.72. The van der Waals surface area contributed by atoms with Crippen molar-refractivity contribution < 1.29 is 9.32 Å². The van der Waals surface area contributed by atoms with Gasteiger partial charge in [0.2, 0.25) is 5.91 Å². The second-order valence-corrected chi connectivity index (χ2v) is 6.80. The maximum absolute atomic E-state index is 12.1. The Morgan fingerprint density at radius 2 is 2.17 bits per heavy atom. The van der Waals surface area contributed by atoms with Crippen molar-refractivity contribution in [2.45, 2.75) is 45.7 Å². The van der Waals surface area contributed by atoms with Crippen molar-refractivity contribution in [3.63, 3.8) is 0 Å². The van der Waals surface area contributed by atoms with Crippen LogP contribution in [0.25, 0.3) is 11.5 Å². The number of carbonyl (C=O) groups is 1. The molecule has 0 aromatic carbocycles. The zero-order valence-electron chi connectivity index (χ0n) is 13.8. The molecule has 0 bridgehead atoms. The number of anilines is 1. The monoisotopic (exact) mass is 315 g/mol. The molecule has 3 heterocycles. The van der Waals surface area contributed by atoms with Gasteiger partial charge in [0.25, 0.3) is 5.89 Å². The molecule has 1 aliphatic rings. The molecule has 7 nitrogen and oxygen atoms in total. The number of likely N-dealkylation sites (tertiary alicyclic amines) is 1. The van der Waals surface area contributed by atoms with Gasteiger partial charge in [0.05, 0.1) is 6.04 Å². The number of nitrogens with one attached hydrogen (secondary N) is 1. The summed E-state index contributed by atoms with van der Waals surface area (Å²) in [5, 5.41) is 7.12. The van der Waals surface area contributed by atoms with Crippen LogP contribution < -0.4 is 5.32 Å². The van der Waals surface area contributed by atoms with Gasteiger partial charge < -0.3 is 14.7 Å². The van der Waals surface area contributed by atoms with E-state index in [0.29, 0.717) is 30.5 Å². The number of pyridine rings is 1. The first-order valence-electron chi connectivity index (χ1n) is 7.66. The van der Waals surface area contributed by atoms with Gasteiger partial charge in [0, 0.05) is 30.3 Å². The predicted octanol–water partition coefficient (Wildman–Crippen LogP) is 2.25. The van der Waals surface area contributed by atoms with Gasteiger partial charge in [-0.25, -0.2) is 4.98 Å². The zero-order valence-corrected chi connectivity index (χ0v) is 13.8. The normalized spacial score (nSPS) is 18.5. The molecule has 122 valence electrons. The lowest BCUT2D eigenvalue weighted by molar-refractivity contribution is -0.131. The second kappa shape index (κ2) is 5.64. The van der Waals surface area contributed by atoms with Crippen LogP contribution in [0.4, 0.5) is 5.82 Å². The smallest absolute Gasteiger partial charge is 0.258 e. The maximum Gasteiger partial charge on any atom is 0.258 e. The first-order chi connectivity index (χ1) is 10.8. The van der Waals surface area contributed by atoms with Crippen LogP contribution in [0, 0.1) is 6.92 Å². The standard InChI is InChI=1S/C16H21N5O2/c1-10-18-15(23-20-10)11-5-6-17-13(7-11)19-12-8-14(22)21(9-12)16(2,3)4/h5-7,12H,8-9H2,1-4H3,(H,17,19). The second-order valence-electron chi connectivity index (χ2n) is 6.80. The summed E-state index contributed by atoms with van der Waals surface area (Å²) >= 11 is 0. The van der Waals surface area contributed by atoms with E-state index in [9.17, 15) is 4.79 Å². The van der Waals surface area contributed by atoms with E-state index in [1.807, 2.05) is 37.8 Å². The number of aryl methyl sites for hydroxylation is 1. The van der Waals surface area contributed by atoms with Crippen LogP contribution in [-0.4, -0.2) is 44.1 Å². The molecule has 3 rings (SSSR count). The summed E-state index contributed by atoms with van der Waals surface area (Å²) in [7, 11) is 0. The third kappa shape index (κ3) is 3.33. The van der Waals surface area contributed by atoms with Crippen LogP contribution in [0.2, 0.25) is 0 Å². The largest absolute Gasteiger partial charge is 0.365 e. The van der Waals surface area contributed by atoms with Gasteiger partial charge in [0.1, 0.15) is 5.82 Å². The summed E-state index contributed by atoms with van der Waals surface area (Å²) in [6, 6.07) is 3.73. The Bertz CT molecular complexity index is 719. The van der Waals surface area contributed by atoms with E-state index in [-0.39, 0.29) is 17.5 Å². The molecule has 1 aliphatic heterocycles. The number of carbonyl (C=O) groups excluding carboxylic acids is 1. The van der Waals surface area contributed by atoms with Crippen LogP contribution in [-0.2, 0) is 4.79 Å². The Labute approximate surface area is 135 Å². The Hall–Kier alpha value is -2.44. The van der Waals surface area contributed by atoms with Gasteiger partial charge in [-0.3, -0.25) is 4.79 Å². The zero-order chi connectivity index (χ0) is 16.6. The van der Waals surface area contributed by atoms with Gasteiger partial charge in [-0.05, 0) is 39.8 Å². The maximum atomic E-state index is 12.1. The predicted molar refractivity (Wildman–Crippen MR) is 85.8 cm³/mol. The Morgan fingerprint density at radius 3 is 2.78 bits per heavy atom. The van der Waals surface area contributed by atoms with Gasteiger partial charge in [-0.2, -0.15) is 4.98 Å². The highest BCUT2D eigenvalue weighted by atomic mass is 16.5. The number of aromatic nitrogens is 3. The molecular formula is C16H21N5O2. The van der Waals surface area contributed by atoms with Crippen LogP contribution in [0.1, 0.15) is 33.0 Å². The molecule has 7 heteroatoms. The Kier molecular flexibility index (Phi) is 3.79. The highest BCUT2D eigenvalue weighted by Gasteiger charge is 2.36. The summed E-state index contributed by atoms with van der Waals surface area (Å²) in [5.41, 5.74) is 0.643. The fraction of sp³-hybridized carbons (Fsp3) is 0.500. The SMILES string of the molecule is Cc1noc(-c2ccnc(NC3CC(=O)N(C(C)(C)C)C3)c2)n1. The lowest BCUT2D eigenvalue weighted by Crippen LogP contribution is -2.43. The van der Waals surface area contributed by atoms with Gasteiger partial charge in [-0.15, -0.1) is 0 Å². The molecule has 1 unspecified atom stereocenters. The molecule has 1 fully saturated rings. The molecular weight excluding hydrogens is 294 g/mol. The molecule has 1 saturated heterocycles. The molecule has 1 amide bonds. The van der Waals surface area contributed by atoms with Gasteiger partial charge in [0.15, 0.2) is 5.82 Å². The van der Waals surface area contributed by atoms with Crippen molar-refractivity contribution in [2.24, 2.45) is 0 Å². The third-order valence-electron chi connectivity index (χ3n) is 3.82.